The number of hydrogen-bond donors (Lipinski definition) is 2. The Bertz CT molecular complexity index is 604. The summed E-state index contributed by atoms with van der Waals surface area (Å²) < 4.78 is 0.919. The van der Waals surface area contributed by atoms with E-state index in [9.17, 15) is 0 Å². The van der Waals surface area contributed by atoms with Crippen LogP contribution < -0.4 is 11.1 Å². The first kappa shape index (κ1) is 13.3. The lowest BCUT2D eigenvalue weighted by Crippen LogP contribution is -2.12. The van der Waals surface area contributed by atoms with Crippen molar-refractivity contribution in [2.75, 3.05) is 5.32 Å². The normalized spacial score (nSPS) is 10.1. The summed E-state index contributed by atoms with van der Waals surface area (Å²) in [7, 11) is 0. The van der Waals surface area contributed by atoms with Crippen molar-refractivity contribution < 1.29 is 0 Å². The number of nitrogens with zero attached hydrogens (tertiary/aromatic N) is 1. The van der Waals surface area contributed by atoms with Crippen molar-refractivity contribution in [2.45, 2.75) is 0 Å². The molecule has 0 aliphatic heterocycles. The molecule has 0 saturated carbocycles. The highest BCUT2D eigenvalue weighted by molar-refractivity contribution is 9.10. The van der Waals surface area contributed by atoms with E-state index in [1.807, 2.05) is 24.3 Å². The van der Waals surface area contributed by atoms with Crippen LogP contribution in [0.1, 0.15) is 5.69 Å². The zero-order valence-electron chi connectivity index (χ0n) is 9.15. The van der Waals surface area contributed by atoms with Gasteiger partial charge in [-0.2, -0.15) is 0 Å². The fraction of sp³-hybridized carbons (Fsp3) is 0. The molecule has 2 rings (SSSR count). The predicted octanol–water partition coefficient (Wildman–Crippen LogP) is 3.88. The minimum atomic E-state index is 0.264. The van der Waals surface area contributed by atoms with Crippen LogP contribution in [0.15, 0.2) is 40.9 Å². The van der Waals surface area contributed by atoms with Crippen LogP contribution in [-0.2, 0) is 0 Å². The Labute approximate surface area is 123 Å². The van der Waals surface area contributed by atoms with Gasteiger partial charge in [0, 0.05) is 4.47 Å². The number of halogens is 2. The van der Waals surface area contributed by atoms with Crippen LogP contribution in [0.5, 0.6) is 0 Å². The van der Waals surface area contributed by atoms with E-state index in [1.165, 1.54) is 0 Å². The fourth-order valence-corrected chi connectivity index (χ4v) is 2.20. The topological polar surface area (TPSA) is 50.9 Å². The molecule has 0 bridgehead atoms. The van der Waals surface area contributed by atoms with Gasteiger partial charge in [0.2, 0.25) is 0 Å². The zero-order chi connectivity index (χ0) is 13.1. The van der Waals surface area contributed by atoms with Crippen LogP contribution in [0.3, 0.4) is 0 Å². The molecule has 0 aliphatic rings. The number of nitrogens with one attached hydrogen (secondary N) is 1. The van der Waals surface area contributed by atoms with E-state index < -0.39 is 0 Å². The highest BCUT2D eigenvalue weighted by atomic mass is 79.9. The van der Waals surface area contributed by atoms with E-state index in [-0.39, 0.29) is 4.99 Å². The monoisotopic (exact) mass is 341 g/mol. The standard InChI is InChI=1S/C12H9BrClN3S/c13-7-4-5-9(8(14)6-7)16-11-3-1-2-10(17-11)12(15)18/h1-6H,(H2,15,18)(H,16,17). The lowest BCUT2D eigenvalue weighted by atomic mass is 10.3. The summed E-state index contributed by atoms with van der Waals surface area (Å²) in [4.78, 5) is 4.55. The van der Waals surface area contributed by atoms with Crippen LogP contribution in [0.4, 0.5) is 11.5 Å². The molecule has 6 heteroatoms. The first-order chi connectivity index (χ1) is 8.56. The molecule has 18 heavy (non-hydrogen) atoms. The van der Waals surface area contributed by atoms with Gasteiger partial charge < -0.3 is 11.1 Å². The number of pyridine rings is 1. The van der Waals surface area contributed by atoms with E-state index in [0.29, 0.717) is 16.5 Å². The molecular weight excluding hydrogens is 334 g/mol. The van der Waals surface area contributed by atoms with Gasteiger partial charge in [-0.15, -0.1) is 0 Å². The Hall–Kier alpha value is -1.17. The molecule has 0 radical (unpaired) electrons. The molecule has 92 valence electrons. The molecule has 0 fully saturated rings. The Kier molecular flexibility index (Phi) is 4.16. The second-order valence-electron chi connectivity index (χ2n) is 3.52. The summed E-state index contributed by atoms with van der Waals surface area (Å²) in [6.07, 6.45) is 0. The highest BCUT2D eigenvalue weighted by Gasteiger charge is 2.04. The largest absolute Gasteiger partial charge is 0.388 e. The molecule has 3 nitrogen and oxygen atoms in total. The van der Waals surface area contributed by atoms with E-state index in [1.54, 1.807) is 12.1 Å². The molecule has 0 atom stereocenters. The van der Waals surface area contributed by atoms with Crippen molar-refractivity contribution in [1.82, 2.24) is 4.98 Å². The SMILES string of the molecule is NC(=S)c1cccc(Nc2ccc(Br)cc2Cl)n1. The highest BCUT2D eigenvalue weighted by Crippen LogP contribution is 2.27. The molecule has 1 aromatic heterocycles. The number of benzene rings is 1. The second kappa shape index (κ2) is 5.65. The molecule has 3 N–H and O–H groups in total. The third kappa shape index (κ3) is 3.19. The van der Waals surface area contributed by atoms with Crippen molar-refractivity contribution in [1.29, 1.82) is 0 Å². The molecule has 0 saturated heterocycles. The van der Waals surface area contributed by atoms with Gasteiger partial charge in [-0.05, 0) is 30.3 Å². The van der Waals surface area contributed by atoms with Crippen LogP contribution in [0.2, 0.25) is 5.02 Å². The summed E-state index contributed by atoms with van der Waals surface area (Å²) in [6, 6.07) is 11.0. The number of hydrogen-bond acceptors (Lipinski definition) is 3. The molecule has 2 aromatic rings. The average Bonchev–Trinajstić information content (AvgIpc) is 2.33. The molecule has 1 aromatic carbocycles. The molecule has 0 aliphatic carbocycles. The maximum absolute atomic E-state index is 6.11. The summed E-state index contributed by atoms with van der Waals surface area (Å²) in [5, 5.41) is 3.72. The Balaban J connectivity index is 2.28. The van der Waals surface area contributed by atoms with Crippen LogP contribution in [0.25, 0.3) is 0 Å². The first-order valence-electron chi connectivity index (χ1n) is 5.05. The zero-order valence-corrected chi connectivity index (χ0v) is 12.3. The molecule has 1 heterocycles. The average molecular weight is 343 g/mol. The number of rotatable bonds is 3. The molecule has 0 spiro atoms. The minimum Gasteiger partial charge on any atom is -0.388 e. The summed E-state index contributed by atoms with van der Waals surface area (Å²) in [5.74, 6) is 0.643. The van der Waals surface area contributed by atoms with Gasteiger partial charge >= 0.3 is 0 Å². The van der Waals surface area contributed by atoms with E-state index in [0.717, 1.165) is 10.2 Å². The fourth-order valence-electron chi connectivity index (χ4n) is 1.37. The molecule has 0 unspecified atom stereocenters. The van der Waals surface area contributed by atoms with Crippen molar-refractivity contribution >= 4 is 56.2 Å². The van der Waals surface area contributed by atoms with Crippen LogP contribution >= 0.6 is 39.7 Å². The number of thiocarbonyl (C=S) groups is 1. The lowest BCUT2D eigenvalue weighted by Gasteiger charge is -2.08. The van der Waals surface area contributed by atoms with Gasteiger partial charge in [0.15, 0.2) is 0 Å². The third-order valence-electron chi connectivity index (χ3n) is 2.20. The quantitative estimate of drug-likeness (QED) is 0.831. The van der Waals surface area contributed by atoms with Gasteiger partial charge in [0.05, 0.1) is 16.4 Å². The van der Waals surface area contributed by atoms with Crippen molar-refractivity contribution in [2.24, 2.45) is 5.73 Å². The van der Waals surface area contributed by atoms with E-state index in [4.69, 9.17) is 29.6 Å². The number of anilines is 2. The van der Waals surface area contributed by atoms with Gasteiger partial charge in [0.1, 0.15) is 10.8 Å². The van der Waals surface area contributed by atoms with Crippen LogP contribution in [-0.4, -0.2) is 9.97 Å². The predicted molar refractivity (Wildman–Crippen MR) is 82.6 cm³/mol. The molecular formula is C12H9BrClN3S. The number of nitrogens with two attached hydrogens (primary N) is 1. The van der Waals surface area contributed by atoms with Crippen molar-refractivity contribution in [3.05, 3.63) is 51.6 Å². The molecule has 0 amide bonds. The van der Waals surface area contributed by atoms with Crippen LogP contribution in [0, 0.1) is 0 Å². The summed E-state index contributed by atoms with van der Waals surface area (Å²) >= 11 is 14.3. The maximum atomic E-state index is 6.11. The smallest absolute Gasteiger partial charge is 0.131 e. The Morgan fingerprint density at radius 3 is 2.78 bits per heavy atom. The van der Waals surface area contributed by atoms with Crippen molar-refractivity contribution in [3.63, 3.8) is 0 Å². The van der Waals surface area contributed by atoms with E-state index >= 15 is 0 Å². The summed E-state index contributed by atoms with van der Waals surface area (Å²) in [6.45, 7) is 0. The lowest BCUT2D eigenvalue weighted by molar-refractivity contribution is 1.28. The van der Waals surface area contributed by atoms with Gasteiger partial charge in [-0.1, -0.05) is 45.8 Å². The number of aromatic nitrogens is 1. The minimum absolute atomic E-state index is 0.264. The van der Waals surface area contributed by atoms with Gasteiger partial charge in [-0.3, -0.25) is 0 Å². The first-order valence-corrected chi connectivity index (χ1v) is 6.63. The van der Waals surface area contributed by atoms with E-state index in [2.05, 4.69) is 26.2 Å². The van der Waals surface area contributed by atoms with Gasteiger partial charge in [-0.25, -0.2) is 4.98 Å². The maximum Gasteiger partial charge on any atom is 0.131 e. The third-order valence-corrected chi connectivity index (χ3v) is 3.21. The van der Waals surface area contributed by atoms with Gasteiger partial charge in [0.25, 0.3) is 0 Å². The summed E-state index contributed by atoms with van der Waals surface area (Å²) in [5.41, 5.74) is 6.88. The van der Waals surface area contributed by atoms with Crippen molar-refractivity contribution in [3.8, 4) is 0 Å². The second-order valence-corrected chi connectivity index (χ2v) is 5.28. The Morgan fingerprint density at radius 2 is 2.11 bits per heavy atom. The Morgan fingerprint density at radius 1 is 1.33 bits per heavy atom.